The minimum absolute atomic E-state index is 0.305. The highest BCUT2D eigenvalue weighted by Crippen LogP contribution is 2.30. The highest BCUT2D eigenvalue weighted by atomic mass is 19.4. The van der Waals surface area contributed by atoms with Crippen LogP contribution < -0.4 is 10.1 Å². The monoisotopic (exact) mass is 368 g/mol. The van der Waals surface area contributed by atoms with Gasteiger partial charge in [0, 0.05) is 23.3 Å². The van der Waals surface area contributed by atoms with Gasteiger partial charge in [-0.05, 0) is 49.5 Å². The zero-order valence-corrected chi connectivity index (χ0v) is 13.9. The van der Waals surface area contributed by atoms with E-state index in [4.69, 9.17) is 14.6 Å². The molecule has 1 aromatic carbocycles. The van der Waals surface area contributed by atoms with Crippen LogP contribution in [-0.2, 0) is 4.79 Å². The van der Waals surface area contributed by atoms with Crippen LogP contribution in [0.1, 0.15) is 18.4 Å². The standard InChI is InChI=1S/C16H18N2O.C2HF3O2/c1-2-14-15-7-10-18-11-12(15)3-4-16(14)19-13-5-8-17-9-6-13;3-2(4,5)1(6)7/h2-4,7,10-11,13,17H,1,5-6,8-9H2;(H,6,7). The molecule has 0 amide bonds. The number of rotatable bonds is 3. The second kappa shape index (κ2) is 8.66. The van der Waals surface area contributed by atoms with Crippen LogP contribution in [0.2, 0.25) is 0 Å². The number of aromatic nitrogens is 1. The maximum atomic E-state index is 10.6. The quantitative estimate of drug-likeness (QED) is 0.866. The van der Waals surface area contributed by atoms with E-state index < -0.39 is 12.1 Å². The maximum Gasteiger partial charge on any atom is 0.490 e. The van der Waals surface area contributed by atoms with Gasteiger partial charge in [-0.3, -0.25) is 4.98 Å². The van der Waals surface area contributed by atoms with Crippen molar-refractivity contribution in [1.29, 1.82) is 0 Å². The van der Waals surface area contributed by atoms with E-state index in [1.807, 2.05) is 30.6 Å². The number of nitrogens with one attached hydrogen (secondary N) is 1. The van der Waals surface area contributed by atoms with Crippen molar-refractivity contribution in [2.45, 2.75) is 25.1 Å². The van der Waals surface area contributed by atoms with Crippen molar-refractivity contribution in [3.05, 3.63) is 42.7 Å². The average Bonchev–Trinajstić information content (AvgIpc) is 2.62. The molecule has 0 unspecified atom stereocenters. The van der Waals surface area contributed by atoms with Gasteiger partial charge in [-0.2, -0.15) is 13.2 Å². The summed E-state index contributed by atoms with van der Waals surface area (Å²) < 4.78 is 37.9. The number of benzene rings is 1. The van der Waals surface area contributed by atoms with E-state index in [1.54, 1.807) is 0 Å². The number of hydrogen-bond acceptors (Lipinski definition) is 4. The van der Waals surface area contributed by atoms with Crippen LogP contribution in [0.3, 0.4) is 0 Å². The number of alkyl halides is 3. The summed E-state index contributed by atoms with van der Waals surface area (Å²) in [6.45, 7) is 5.99. The third kappa shape index (κ3) is 5.19. The number of carboxylic acids is 1. The van der Waals surface area contributed by atoms with Gasteiger partial charge < -0.3 is 15.2 Å². The molecule has 1 fully saturated rings. The third-order valence-corrected chi connectivity index (χ3v) is 3.85. The largest absolute Gasteiger partial charge is 0.490 e. The zero-order chi connectivity index (χ0) is 19.2. The van der Waals surface area contributed by atoms with E-state index in [0.717, 1.165) is 48.0 Å². The van der Waals surface area contributed by atoms with Crippen molar-refractivity contribution in [3.63, 3.8) is 0 Å². The summed E-state index contributed by atoms with van der Waals surface area (Å²) in [6.07, 6.45) is 2.90. The Morgan fingerprint density at radius 2 is 1.96 bits per heavy atom. The minimum atomic E-state index is -5.08. The van der Waals surface area contributed by atoms with E-state index in [0.29, 0.717) is 6.10 Å². The summed E-state index contributed by atoms with van der Waals surface area (Å²) in [5.41, 5.74) is 1.07. The van der Waals surface area contributed by atoms with Crippen molar-refractivity contribution < 1.29 is 27.8 Å². The summed E-state index contributed by atoms with van der Waals surface area (Å²) in [5.74, 6) is -1.83. The van der Waals surface area contributed by atoms with Crippen LogP contribution in [0.15, 0.2) is 37.2 Å². The molecule has 1 saturated heterocycles. The molecule has 0 aliphatic carbocycles. The molecule has 1 aliphatic rings. The fraction of sp³-hybridized carbons (Fsp3) is 0.333. The Hall–Kier alpha value is -2.61. The minimum Gasteiger partial charge on any atom is -0.490 e. The number of hydrogen-bond donors (Lipinski definition) is 2. The summed E-state index contributed by atoms with van der Waals surface area (Å²) in [4.78, 5) is 13.0. The molecule has 0 spiro atoms. The first-order valence-corrected chi connectivity index (χ1v) is 7.99. The lowest BCUT2D eigenvalue weighted by Crippen LogP contribution is -2.34. The van der Waals surface area contributed by atoms with Crippen LogP contribution in [0.5, 0.6) is 5.75 Å². The predicted octanol–water partition coefficient (Wildman–Crippen LogP) is 3.64. The van der Waals surface area contributed by atoms with Crippen molar-refractivity contribution in [2.75, 3.05) is 13.1 Å². The lowest BCUT2D eigenvalue weighted by atomic mass is 10.0. The lowest BCUT2D eigenvalue weighted by Gasteiger charge is -2.25. The molecule has 0 saturated carbocycles. The Morgan fingerprint density at radius 1 is 1.31 bits per heavy atom. The predicted molar refractivity (Wildman–Crippen MR) is 92.0 cm³/mol. The van der Waals surface area contributed by atoms with Crippen LogP contribution in [0.25, 0.3) is 16.8 Å². The molecule has 2 aromatic rings. The molecule has 5 nitrogen and oxygen atoms in total. The van der Waals surface area contributed by atoms with Crippen molar-refractivity contribution in [3.8, 4) is 5.75 Å². The molecular formula is C18H19F3N2O3. The number of ether oxygens (including phenoxy) is 1. The van der Waals surface area contributed by atoms with Gasteiger partial charge in [0.15, 0.2) is 0 Å². The number of fused-ring (bicyclic) bond motifs is 1. The molecule has 2 heterocycles. The van der Waals surface area contributed by atoms with E-state index >= 15 is 0 Å². The van der Waals surface area contributed by atoms with E-state index in [2.05, 4.69) is 22.9 Å². The van der Waals surface area contributed by atoms with Gasteiger partial charge in [0.1, 0.15) is 11.9 Å². The van der Waals surface area contributed by atoms with E-state index in [-0.39, 0.29) is 0 Å². The Kier molecular flexibility index (Phi) is 6.57. The number of piperidine rings is 1. The molecular weight excluding hydrogens is 349 g/mol. The first kappa shape index (κ1) is 19.7. The molecule has 2 N–H and O–H groups in total. The summed E-state index contributed by atoms with van der Waals surface area (Å²) in [6, 6.07) is 6.11. The highest BCUT2D eigenvalue weighted by molar-refractivity contribution is 5.92. The molecule has 140 valence electrons. The Morgan fingerprint density at radius 3 is 2.54 bits per heavy atom. The number of aliphatic carboxylic acids is 1. The van der Waals surface area contributed by atoms with Crippen LogP contribution in [0, 0.1) is 0 Å². The van der Waals surface area contributed by atoms with Gasteiger partial charge >= 0.3 is 12.1 Å². The smallest absolute Gasteiger partial charge is 0.490 e. The topological polar surface area (TPSA) is 71.5 Å². The van der Waals surface area contributed by atoms with Crippen molar-refractivity contribution in [2.24, 2.45) is 0 Å². The number of halogens is 3. The lowest BCUT2D eigenvalue weighted by molar-refractivity contribution is -0.192. The first-order chi connectivity index (χ1) is 12.3. The molecule has 26 heavy (non-hydrogen) atoms. The van der Waals surface area contributed by atoms with Gasteiger partial charge in [-0.1, -0.05) is 12.7 Å². The summed E-state index contributed by atoms with van der Waals surface area (Å²) >= 11 is 0. The normalized spacial score (nSPS) is 15.0. The number of nitrogens with zero attached hydrogens (tertiary/aromatic N) is 1. The van der Waals surface area contributed by atoms with Crippen molar-refractivity contribution >= 4 is 22.8 Å². The average molecular weight is 368 g/mol. The Balaban J connectivity index is 0.000000298. The SMILES string of the molecule is C=Cc1c(OC2CCNCC2)ccc2cnccc12.O=C(O)C(F)(F)F. The molecule has 0 radical (unpaired) electrons. The summed E-state index contributed by atoms with van der Waals surface area (Å²) in [5, 5.41) is 12.7. The van der Waals surface area contributed by atoms with Gasteiger partial charge in [0.05, 0.1) is 0 Å². The molecule has 1 aliphatic heterocycles. The number of carbonyl (C=O) groups is 1. The molecule has 0 bridgehead atoms. The van der Waals surface area contributed by atoms with Crippen LogP contribution in [0.4, 0.5) is 13.2 Å². The zero-order valence-electron chi connectivity index (χ0n) is 13.9. The molecule has 0 atom stereocenters. The fourth-order valence-electron chi connectivity index (χ4n) is 2.58. The molecule has 1 aromatic heterocycles. The van der Waals surface area contributed by atoms with Crippen LogP contribution >= 0.6 is 0 Å². The van der Waals surface area contributed by atoms with Crippen LogP contribution in [-0.4, -0.2) is 41.4 Å². The molecule has 3 rings (SSSR count). The number of pyridine rings is 1. The number of carboxylic acid groups (broad SMARTS) is 1. The van der Waals surface area contributed by atoms with Gasteiger partial charge in [-0.15, -0.1) is 0 Å². The van der Waals surface area contributed by atoms with Gasteiger partial charge in [0.25, 0.3) is 0 Å². The van der Waals surface area contributed by atoms with Crippen molar-refractivity contribution in [1.82, 2.24) is 10.3 Å². The second-order valence-corrected chi connectivity index (χ2v) is 5.65. The maximum absolute atomic E-state index is 10.6. The Bertz CT molecular complexity index is 772. The first-order valence-electron chi connectivity index (χ1n) is 7.99. The second-order valence-electron chi connectivity index (χ2n) is 5.65. The van der Waals surface area contributed by atoms with Gasteiger partial charge in [-0.25, -0.2) is 4.79 Å². The third-order valence-electron chi connectivity index (χ3n) is 3.85. The highest BCUT2D eigenvalue weighted by Gasteiger charge is 2.38. The molecule has 8 heteroatoms. The Labute approximate surface area is 148 Å². The van der Waals surface area contributed by atoms with E-state index in [9.17, 15) is 13.2 Å². The fourth-order valence-corrected chi connectivity index (χ4v) is 2.58. The van der Waals surface area contributed by atoms with E-state index in [1.165, 1.54) is 0 Å². The van der Waals surface area contributed by atoms with Gasteiger partial charge in [0.2, 0.25) is 0 Å². The summed E-state index contributed by atoms with van der Waals surface area (Å²) in [7, 11) is 0.